The predicted molar refractivity (Wildman–Crippen MR) is 95.9 cm³/mol. The van der Waals surface area contributed by atoms with Crippen LogP contribution >= 0.6 is 0 Å². The summed E-state index contributed by atoms with van der Waals surface area (Å²) in [4.78, 5) is 22.9. The Labute approximate surface area is 151 Å². The first-order valence-electron chi connectivity index (χ1n) is 8.58. The van der Waals surface area contributed by atoms with Crippen molar-refractivity contribution >= 4 is 11.9 Å². The molecule has 136 valence electrons. The third-order valence-corrected chi connectivity index (χ3v) is 4.22. The van der Waals surface area contributed by atoms with Gasteiger partial charge in [0.1, 0.15) is 18.5 Å². The molecule has 1 amide bonds. The Morgan fingerprint density at radius 1 is 1.04 bits per heavy atom. The molecule has 3 rings (SSSR count). The lowest BCUT2D eigenvalue weighted by Crippen LogP contribution is -2.37. The lowest BCUT2D eigenvalue weighted by molar-refractivity contribution is -0.151. The summed E-state index contributed by atoms with van der Waals surface area (Å²) in [5.74, 6) is -0.578. The minimum Gasteiger partial charge on any atom is -0.491 e. The third-order valence-electron chi connectivity index (χ3n) is 4.22. The Kier molecular flexibility index (Phi) is 5.86. The number of carboxylic acid groups (broad SMARTS) is 1. The van der Waals surface area contributed by atoms with Gasteiger partial charge in [0.2, 0.25) is 5.91 Å². The standard InChI is InChI=1S/C20H21NO5/c22-19(17-10-11-18(26-17)20(23)24)21-12-13-25-16-9-5-4-8-15(16)14-6-2-1-3-7-14/h1-9,17-18H,10-13H2,(H,21,22)(H,23,24)/t17-,18+/m0/s1. The molecule has 0 saturated carbocycles. The minimum atomic E-state index is -1.03. The van der Waals surface area contributed by atoms with Crippen LogP contribution in [0.5, 0.6) is 5.75 Å². The Bertz CT molecular complexity index is 762. The third kappa shape index (κ3) is 4.40. The second-order valence-electron chi connectivity index (χ2n) is 6.03. The maximum atomic E-state index is 12.0. The molecule has 0 spiro atoms. The number of rotatable bonds is 7. The van der Waals surface area contributed by atoms with Crippen LogP contribution in [0.15, 0.2) is 54.6 Å². The van der Waals surface area contributed by atoms with Crippen LogP contribution in [0, 0.1) is 0 Å². The molecule has 0 aromatic heterocycles. The molecule has 6 nitrogen and oxygen atoms in total. The van der Waals surface area contributed by atoms with E-state index in [4.69, 9.17) is 14.6 Å². The number of hydrogen-bond donors (Lipinski definition) is 2. The molecule has 1 saturated heterocycles. The molecular weight excluding hydrogens is 334 g/mol. The zero-order valence-electron chi connectivity index (χ0n) is 14.3. The lowest BCUT2D eigenvalue weighted by Gasteiger charge is -2.14. The first kappa shape index (κ1) is 17.9. The van der Waals surface area contributed by atoms with Crippen molar-refractivity contribution in [1.29, 1.82) is 0 Å². The number of benzene rings is 2. The highest BCUT2D eigenvalue weighted by molar-refractivity contribution is 5.82. The monoisotopic (exact) mass is 355 g/mol. The fourth-order valence-electron chi connectivity index (χ4n) is 2.91. The van der Waals surface area contributed by atoms with E-state index in [0.717, 1.165) is 16.9 Å². The summed E-state index contributed by atoms with van der Waals surface area (Å²) in [7, 11) is 0. The molecule has 1 fully saturated rings. The molecule has 2 aromatic carbocycles. The normalized spacial score (nSPS) is 19.1. The second kappa shape index (κ2) is 8.49. The van der Waals surface area contributed by atoms with Crippen LogP contribution in [0.4, 0.5) is 0 Å². The molecule has 1 aliphatic rings. The van der Waals surface area contributed by atoms with Gasteiger partial charge in [0.05, 0.1) is 6.54 Å². The van der Waals surface area contributed by atoms with Gasteiger partial charge in [0.25, 0.3) is 0 Å². The van der Waals surface area contributed by atoms with Crippen molar-refractivity contribution in [2.24, 2.45) is 0 Å². The molecular formula is C20H21NO5. The average molecular weight is 355 g/mol. The van der Waals surface area contributed by atoms with Crippen molar-refractivity contribution in [3.63, 3.8) is 0 Å². The van der Waals surface area contributed by atoms with Crippen LogP contribution in [0.3, 0.4) is 0 Å². The summed E-state index contributed by atoms with van der Waals surface area (Å²) in [5.41, 5.74) is 2.05. The van der Waals surface area contributed by atoms with Gasteiger partial charge in [-0.1, -0.05) is 48.5 Å². The van der Waals surface area contributed by atoms with Gasteiger partial charge in [-0.15, -0.1) is 0 Å². The number of ether oxygens (including phenoxy) is 2. The molecule has 0 unspecified atom stereocenters. The van der Waals surface area contributed by atoms with Crippen molar-refractivity contribution < 1.29 is 24.2 Å². The maximum absolute atomic E-state index is 12.0. The van der Waals surface area contributed by atoms with Crippen LogP contribution in [-0.2, 0) is 14.3 Å². The van der Waals surface area contributed by atoms with Crippen LogP contribution in [0.25, 0.3) is 11.1 Å². The van der Waals surface area contributed by atoms with Gasteiger partial charge in [0.15, 0.2) is 6.10 Å². The minimum absolute atomic E-state index is 0.298. The van der Waals surface area contributed by atoms with E-state index >= 15 is 0 Å². The molecule has 0 bridgehead atoms. The molecule has 1 heterocycles. The quantitative estimate of drug-likeness (QED) is 0.746. The van der Waals surface area contributed by atoms with E-state index in [1.165, 1.54) is 0 Å². The topological polar surface area (TPSA) is 84.9 Å². The van der Waals surface area contributed by atoms with Gasteiger partial charge >= 0.3 is 5.97 Å². The molecule has 1 aliphatic heterocycles. The van der Waals surface area contributed by atoms with E-state index in [2.05, 4.69) is 5.32 Å². The second-order valence-corrected chi connectivity index (χ2v) is 6.03. The highest BCUT2D eigenvalue weighted by Crippen LogP contribution is 2.29. The number of aliphatic carboxylic acids is 1. The summed E-state index contributed by atoms with van der Waals surface area (Å²) in [5, 5.41) is 11.6. The van der Waals surface area contributed by atoms with Crippen molar-refractivity contribution in [1.82, 2.24) is 5.32 Å². The summed E-state index contributed by atoms with van der Waals surface area (Å²) < 4.78 is 11.0. The summed E-state index contributed by atoms with van der Waals surface area (Å²) in [6, 6.07) is 17.7. The van der Waals surface area contributed by atoms with Crippen LogP contribution in [-0.4, -0.2) is 42.3 Å². The van der Waals surface area contributed by atoms with Gasteiger partial charge in [-0.05, 0) is 24.5 Å². The Morgan fingerprint density at radius 3 is 2.46 bits per heavy atom. The van der Waals surface area contributed by atoms with Crippen LogP contribution < -0.4 is 10.1 Å². The zero-order valence-corrected chi connectivity index (χ0v) is 14.3. The molecule has 26 heavy (non-hydrogen) atoms. The number of hydrogen-bond acceptors (Lipinski definition) is 4. The smallest absolute Gasteiger partial charge is 0.332 e. The molecule has 0 aliphatic carbocycles. The highest BCUT2D eigenvalue weighted by atomic mass is 16.5. The highest BCUT2D eigenvalue weighted by Gasteiger charge is 2.34. The molecule has 2 atom stereocenters. The number of nitrogens with one attached hydrogen (secondary N) is 1. The fourth-order valence-corrected chi connectivity index (χ4v) is 2.91. The lowest BCUT2D eigenvalue weighted by atomic mass is 10.1. The predicted octanol–water partition coefficient (Wildman–Crippen LogP) is 2.48. The number of para-hydroxylation sites is 1. The van der Waals surface area contributed by atoms with Crippen LogP contribution in [0.1, 0.15) is 12.8 Å². The van der Waals surface area contributed by atoms with Crippen molar-refractivity contribution in [2.75, 3.05) is 13.2 Å². The molecule has 2 N–H and O–H groups in total. The Balaban J connectivity index is 1.49. The van der Waals surface area contributed by atoms with Gasteiger partial charge in [-0.2, -0.15) is 0 Å². The van der Waals surface area contributed by atoms with Crippen molar-refractivity contribution in [2.45, 2.75) is 25.0 Å². The zero-order chi connectivity index (χ0) is 18.4. The van der Waals surface area contributed by atoms with Gasteiger partial charge < -0.3 is 19.9 Å². The van der Waals surface area contributed by atoms with Crippen molar-refractivity contribution in [3.05, 3.63) is 54.6 Å². The van der Waals surface area contributed by atoms with E-state index in [1.54, 1.807) is 0 Å². The number of carbonyl (C=O) groups excluding carboxylic acids is 1. The van der Waals surface area contributed by atoms with E-state index in [-0.39, 0.29) is 5.91 Å². The number of amides is 1. The number of carboxylic acids is 1. The largest absolute Gasteiger partial charge is 0.491 e. The first-order valence-corrected chi connectivity index (χ1v) is 8.58. The average Bonchev–Trinajstić information content (AvgIpc) is 3.17. The van der Waals surface area contributed by atoms with E-state index < -0.39 is 18.2 Å². The SMILES string of the molecule is O=C(NCCOc1ccccc1-c1ccccc1)[C@@H]1CC[C@H](C(=O)O)O1. The fraction of sp³-hybridized carbons (Fsp3) is 0.300. The van der Waals surface area contributed by atoms with E-state index in [0.29, 0.717) is 26.0 Å². The van der Waals surface area contributed by atoms with Crippen molar-refractivity contribution in [3.8, 4) is 16.9 Å². The number of carbonyl (C=O) groups is 2. The first-order chi connectivity index (χ1) is 12.6. The van der Waals surface area contributed by atoms with E-state index in [9.17, 15) is 9.59 Å². The van der Waals surface area contributed by atoms with Crippen LogP contribution in [0.2, 0.25) is 0 Å². The summed E-state index contributed by atoms with van der Waals surface area (Å²) >= 11 is 0. The summed E-state index contributed by atoms with van der Waals surface area (Å²) in [6.45, 7) is 0.629. The molecule has 2 aromatic rings. The molecule has 0 radical (unpaired) electrons. The molecule has 6 heteroatoms. The van der Waals surface area contributed by atoms with Gasteiger partial charge in [-0.25, -0.2) is 4.79 Å². The van der Waals surface area contributed by atoms with Gasteiger partial charge in [-0.3, -0.25) is 4.79 Å². The van der Waals surface area contributed by atoms with Gasteiger partial charge in [0, 0.05) is 5.56 Å². The summed E-state index contributed by atoms with van der Waals surface area (Å²) in [6.07, 6.45) is -0.818. The van der Waals surface area contributed by atoms with E-state index in [1.807, 2.05) is 54.6 Å². The Hall–Kier alpha value is -2.86. The Morgan fingerprint density at radius 2 is 1.73 bits per heavy atom. The maximum Gasteiger partial charge on any atom is 0.332 e.